The van der Waals surface area contributed by atoms with E-state index in [-0.39, 0.29) is 22.1 Å². The lowest BCUT2D eigenvalue weighted by molar-refractivity contribution is -0.129. The fourth-order valence-electron chi connectivity index (χ4n) is 3.93. The van der Waals surface area contributed by atoms with Crippen molar-refractivity contribution >= 4 is 23.5 Å². The normalized spacial score (nSPS) is 19.4. The average Bonchev–Trinajstić information content (AvgIpc) is 2.96. The van der Waals surface area contributed by atoms with Crippen LogP contribution in [0, 0.1) is 11.6 Å². The minimum atomic E-state index is -1.63. The Labute approximate surface area is 175 Å². The van der Waals surface area contributed by atoms with E-state index in [1.54, 1.807) is 30.3 Å². The number of amides is 1. The first-order valence-electron chi connectivity index (χ1n) is 9.03. The molecule has 0 radical (unpaired) electrons. The van der Waals surface area contributed by atoms with Gasteiger partial charge in [-0.15, -0.1) is 0 Å². The van der Waals surface area contributed by atoms with Crippen molar-refractivity contribution in [2.75, 3.05) is 7.05 Å². The van der Waals surface area contributed by atoms with Gasteiger partial charge in [0.05, 0.1) is 5.02 Å². The fourth-order valence-corrected chi connectivity index (χ4v) is 4.10. The summed E-state index contributed by atoms with van der Waals surface area (Å²) < 4.78 is 34.7. The van der Waals surface area contributed by atoms with Crippen molar-refractivity contribution in [2.24, 2.45) is 10.7 Å². The van der Waals surface area contributed by atoms with Crippen LogP contribution in [0.25, 0.3) is 11.1 Å². The number of benzene rings is 3. The molecule has 3 aromatic rings. The molecule has 0 fully saturated rings. The van der Waals surface area contributed by atoms with Crippen molar-refractivity contribution < 1.29 is 18.3 Å². The zero-order chi connectivity index (χ0) is 21.2. The number of aliphatic imine (C=N–C) groups is 1. The van der Waals surface area contributed by atoms with Gasteiger partial charge in [-0.2, -0.15) is 0 Å². The quantitative estimate of drug-likeness (QED) is 0.627. The molecule has 5 nitrogen and oxygen atoms in total. The number of guanidine groups is 1. The highest BCUT2D eigenvalue weighted by Crippen LogP contribution is 2.52. The summed E-state index contributed by atoms with van der Waals surface area (Å²) >= 11 is 5.93. The third-order valence-corrected chi connectivity index (χ3v) is 5.72. The summed E-state index contributed by atoms with van der Waals surface area (Å²) in [4.78, 5) is 19.0. The Morgan fingerprint density at radius 2 is 1.77 bits per heavy atom. The number of likely N-dealkylation sites (N-methyl/N-ethyl adjacent to an activating group) is 1. The van der Waals surface area contributed by atoms with Crippen molar-refractivity contribution in [1.82, 2.24) is 4.90 Å². The molecule has 0 saturated heterocycles. The minimum Gasteiger partial charge on any atom is -0.457 e. The number of nitrogens with zero attached hydrogens (tertiary/aromatic N) is 2. The lowest BCUT2D eigenvalue weighted by Crippen LogP contribution is -2.42. The van der Waals surface area contributed by atoms with Crippen molar-refractivity contribution in [3.63, 3.8) is 0 Å². The number of halogens is 3. The van der Waals surface area contributed by atoms with Crippen LogP contribution >= 0.6 is 11.6 Å². The first-order chi connectivity index (χ1) is 14.3. The van der Waals surface area contributed by atoms with E-state index in [4.69, 9.17) is 22.1 Å². The van der Waals surface area contributed by atoms with Gasteiger partial charge in [0.15, 0.2) is 5.96 Å². The predicted molar refractivity (Wildman–Crippen MR) is 108 cm³/mol. The first kappa shape index (κ1) is 18.6. The number of ether oxygens (including phenoxy) is 1. The van der Waals surface area contributed by atoms with E-state index in [0.29, 0.717) is 22.6 Å². The van der Waals surface area contributed by atoms with E-state index in [1.807, 2.05) is 0 Å². The maximum absolute atomic E-state index is 14.6. The second kappa shape index (κ2) is 6.27. The molecule has 0 aromatic heterocycles. The van der Waals surface area contributed by atoms with Crippen LogP contribution in [0.5, 0.6) is 11.5 Å². The molecule has 1 atom stereocenters. The summed E-state index contributed by atoms with van der Waals surface area (Å²) in [5.74, 6) is -0.962. The highest BCUT2D eigenvalue weighted by atomic mass is 35.5. The van der Waals surface area contributed by atoms with E-state index in [2.05, 4.69) is 4.99 Å². The van der Waals surface area contributed by atoms with Crippen LogP contribution < -0.4 is 10.5 Å². The zero-order valence-electron chi connectivity index (χ0n) is 15.6. The SMILES string of the molecule is CN1C(=O)C2(N=C1N)c1cc(F)ccc1Oc1ccc(-c3cccc(Cl)c3F)cc12. The van der Waals surface area contributed by atoms with Crippen LogP contribution in [0.2, 0.25) is 5.02 Å². The molecule has 0 aliphatic carbocycles. The summed E-state index contributed by atoms with van der Waals surface area (Å²) in [5, 5.41) is -0.0254. The number of hydrogen-bond donors (Lipinski definition) is 1. The number of fused-ring (bicyclic) bond motifs is 4. The molecule has 3 aromatic carbocycles. The molecule has 2 heterocycles. The van der Waals surface area contributed by atoms with Crippen LogP contribution in [0.1, 0.15) is 11.1 Å². The molecular formula is C22H14ClF2N3O2. The fraction of sp³-hybridized carbons (Fsp3) is 0.0909. The first-order valence-corrected chi connectivity index (χ1v) is 9.41. The molecule has 1 spiro atoms. The molecule has 150 valence electrons. The Balaban J connectivity index is 1.81. The second-order valence-corrected chi connectivity index (χ2v) is 7.51. The van der Waals surface area contributed by atoms with Gasteiger partial charge in [0, 0.05) is 23.7 Å². The van der Waals surface area contributed by atoms with Gasteiger partial charge in [0.25, 0.3) is 5.91 Å². The Morgan fingerprint density at radius 3 is 2.47 bits per heavy atom. The lowest BCUT2D eigenvalue weighted by atomic mass is 9.79. The highest BCUT2D eigenvalue weighted by molar-refractivity contribution is 6.31. The number of hydrogen-bond acceptors (Lipinski definition) is 4. The molecule has 2 N–H and O–H groups in total. The number of rotatable bonds is 1. The van der Waals surface area contributed by atoms with Crippen LogP contribution in [0.3, 0.4) is 0 Å². The summed E-state index contributed by atoms with van der Waals surface area (Å²) in [6, 6.07) is 13.4. The molecule has 1 amide bonds. The maximum atomic E-state index is 14.6. The summed E-state index contributed by atoms with van der Waals surface area (Å²) in [7, 11) is 1.49. The van der Waals surface area contributed by atoms with Crippen molar-refractivity contribution in [1.29, 1.82) is 0 Å². The molecular weight excluding hydrogens is 412 g/mol. The van der Waals surface area contributed by atoms with Crippen molar-refractivity contribution in [3.05, 3.63) is 82.4 Å². The van der Waals surface area contributed by atoms with E-state index in [9.17, 15) is 13.6 Å². The monoisotopic (exact) mass is 425 g/mol. The van der Waals surface area contributed by atoms with Crippen LogP contribution in [-0.2, 0) is 10.3 Å². The van der Waals surface area contributed by atoms with Gasteiger partial charge in [-0.1, -0.05) is 29.8 Å². The van der Waals surface area contributed by atoms with Gasteiger partial charge in [-0.25, -0.2) is 13.8 Å². The van der Waals surface area contributed by atoms with Gasteiger partial charge in [0.2, 0.25) is 5.54 Å². The summed E-state index contributed by atoms with van der Waals surface area (Å²) in [6.07, 6.45) is 0. The van der Waals surface area contributed by atoms with Crippen molar-refractivity contribution in [2.45, 2.75) is 5.54 Å². The highest BCUT2D eigenvalue weighted by Gasteiger charge is 2.54. The molecule has 0 bridgehead atoms. The lowest BCUT2D eigenvalue weighted by Gasteiger charge is -2.33. The third-order valence-electron chi connectivity index (χ3n) is 5.42. The molecule has 1 unspecified atom stereocenters. The Morgan fingerprint density at radius 1 is 1.07 bits per heavy atom. The predicted octanol–water partition coefficient (Wildman–Crippen LogP) is 4.42. The van der Waals surface area contributed by atoms with Gasteiger partial charge in [-0.05, 0) is 42.0 Å². The average molecular weight is 426 g/mol. The summed E-state index contributed by atoms with van der Waals surface area (Å²) in [6.45, 7) is 0. The Kier molecular flexibility index (Phi) is 3.88. The van der Waals surface area contributed by atoms with Gasteiger partial charge < -0.3 is 10.5 Å². The Bertz CT molecular complexity index is 1280. The number of carbonyl (C=O) groups excluding carboxylic acids is 1. The molecule has 2 aliphatic heterocycles. The molecule has 0 saturated carbocycles. The second-order valence-electron chi connectivity index (χ2n) is 7.10. The number of carbonyl (C=O) groups is 1. The minimum absolute atomic E-state index is 0.0117. The molecule has 8 heteroatoms. The summed E-state index contributed by atoms with van der Waals surface area (Å²) in [5.41, 5.74) is 5.62. The van der Waals surface area contributed by atoms with E-state index in [1.165, 1.54) is 36.2 Å². The van der Waals surface area contributed by atoms with E-state index in [0.717, 1.165) is 0 Å². The Hall–Kier alpha value is -3.45. The van der Waals surface area contributed by atoms with E-state index >= 15 is 0 Å². The van der Waals surface area contributed by atoms with Crippen LogP contribution in [-0.4, -0.2) is 23.8 Å². The van der Waals surface area contributed by atoms with Crippen molar-refractivity contribution in [3.8, 4) is 22.6 Å². The molecule has 5 rings (SSSR count). The maximum Gasteiger partial charge on any atom is 0.266 e. The molecule has 30 heavy (non-hydrogen) atoms. The third kappa shape index (κ3) is 2.39. The zero-order valence-corrected chi connectivity index (χ0v) is 16.4. The smallest absolute Gasteiger partial charge is 0.266 e. The van der Waals surface area contributed by atoms with E-state index < -0.39 is 23.1 Å². The molecule has 2 aliphatic rings. The largest absolute Gasteiger partial charge is 0.457 e. The van der Waals surface area contributed by atoms with Gasteiger partial charge in [0.1, 0.15) is 23.1 Å². The topological polar surface area (TPSA) is 67.9 Å². The number of nitrogens with two attached hydrogens (primary N) is 1. The van der Waals surface area contributed by atoms with Crippen LogP contribution in [0.15, 0.2) is 59.6 Å². The standard InChI is InChI=1S/C22H14ClF2N3O2/c1-28-20(29)22(27-21(28)26)14-9-11(13-3-2-4-16(23)19(13)25)5-7-17(14)30-18-8-6-12(24)10-15(18)22/h2-10H,1H3,(H2,26,27). The van der Waals surface area contributed by atoms with Gasteiger partial charge in [-0.3, -0.25) is 9.69 Å². The van der Waals surface area contributed by atoms with Crippen LogP contribution in [0.4, 0.5) is 8.78 Å². The van der Waals surface area contributed by atoms with Gasteiger partial charge >= 0.3 is 0 Å².